The van der Waals surface area contributed by atoms with E-state index in [4.69, 9.17) is 4.74 Å². The second-order valence-corrected chi connectivity index (χ2v) is 7.44. The molecular formula is C21H36N4O. The zero-order valence-electron chi connectivity index (χ0n) is 16.9. The van der Waals surface area contributed by atoms with Crippen LogP contribution in [0.15, 0.2) is 35.3 Å². The minimum absolute atomic E-state index is 0.427. The summed E-state index contributed by atoms with van der Waals surface area (Å²) in [6.45, 7) is 6.99. The van der Waals surface area contributed by atoms with Gasteiger partial charge in [0.1, 0.15) is 0 Å². The molecule has 0 bridgehead atoms. The highest BCUT2D eigenvalue weighted by atomic mass is 16.5. The Morgan fingerprint density at radius 2 is 1.92 bits per heavy atom. The first-order valence-electron chi connectivity index (χ1n) is 9.83. The predicted octanol–water partition coefficient (Wildman–Crippen LogP) is 2.83. The summed E-state index contributed by atoms with van der Waals surface area (Å²) in [5, 5.41) is 3.53. The van der Waals surface area contributed by atoms with Crippen molar-refractivity contribution in [1.29, 1.82) is 0 Å². The van der Waals surface area contributed by atoms with Gasteiger partial charge in [-0.2, -0.15) is 0 Å². The van der Waals surface area contributed by atoms with Crippen molar-refractivity contribution in [1.82, 2.24) is 15.1 Å². The summed E-state index contributed by atoms with van der Waals surface area (Å²) in [5.41, 5.74) is 1.35. The molecule has 1 aromatic carbocycles. The van der Waals surface area contributed by atoms with E-state index in [0.717, 1.165) is 44.7 Å². The SMILES string of the molecule is CN=C(NCC(C)N(C)Cc1ccccc1)N(C)CCC1CCOCC1. The summed E-state index contributed by atoms with van der Waals surface area (Å²) >= 11 is 0. The highest BCUT2D eigenvalue weighted by Crippen LogP contribution is 2.18. The zero-order chi connectivity index (χ0) is 18.8. The molecule has 2 rings (SSSR count). The number of nitrogens with one attached hydrogen (secondary N) is 1. The smallest absolute Gasteiger partial charge is 0.193 e. The Morgan fingerprint density at radius 3 is 2.58 bits per heavy atom. The second kappa shape index (κ2) is 11.2. The number of nitrogens with zero attached hydrogens (tertiary/aromatic N) is 3. The molecule has 1 saturated heterocycles. The highest BCUT2D eigenvalue weighted by Gasteiger charge is 2.16. The van der Waals surface area contributed by atoms with Gasteiger partial charge in [0.2, 0.25) is 0 Å². The Morgan fingerprint density at radius 1 is 1.23 bits per heavy atom. The standard InChI is InChI=1S/C21H36N4O/c1-18(25(4)17-20-8-6-5-7-9-20)16-23-21(22-2)24(3)13-10-19-11-14-26-15-12-19/h5-9,18-19H,10-17H2,1-4H3,(H,22,23). The normalized spacial score (nSPS) is 17.3. The Balaban J connectivity index is 1.72. The van der Waals surface area contributed by atoms with Crippen LogP contribution < -0.4 is 5.32 Å². The molecule has 5 heteroatoms. The lowest BCUT2D eigenvalue weighted by Gasteiger charge is -2.29. The Kier molecular flexibility index (Phi) is 8.92. The van der Waals surface area contributed by atoms with Gasteiger partial charge >= 0.3 is 0 Å². The van der Waals surface area contributed by atoms with Crippen molar-refractivity contribution in [2.45, 2.75) is 38.8 Å². The van der Waals surface area contributed by atoms with Crippen LogP contribution in [0, 0.1) is 5.92 Å². The van der Waals surface area contributed by atoms with E-state index in [1.807, 2.05) is 7.05 Å². The molecule has 1 aliphatic heterocycles. The van der Waals surface area contributed by atoms with Crippen LogP contribution in [0.3, 0.4) is 0 Å². The van der Waals surface area contributed by atoms with E-state index in [2.05, 4.69) is 71.5 Å². The molecule has 1 fully saturated rings. The fourth-order valence-corrected chi connectivity index (χ4v) is 3.32. The maximum atomic E-state index is 5.45. The van der Waals surface area contributed by atoms with Gasteiger partial charge in [-0.15, -0.1) is 0 Å². The second-order valence-electron chi connectivity index (χ2n) is 7.44. The number of hydrogen-bond acceptors (Lipinski definition) is 3. The third-order valence-corrected chi connectivity index (χ3v) is 5.37. The van der Waals surface area contributed by atoms with Gasteiger partial charge in [-0.3, -0.25) is 9.89 Å². The van der Waals surface area contributed by atoms with Gasteiger partial charge in [-0.05, 0) is 44.7 Å². The van der Waals surface area contributed by atoms with Crippen LogP contribution in [0.5, 0.6) is 0 Å². The molecule has 0 radical (unpaired) electrons. The van der Waals surface area contributed by atoms with E-state index >= 15 is 0 Å². The van der Waals surface area contributed by atoms with Gasteiger partial charge in [0.15, 0.2) is 5.96 Å². The molecule has 0 spiro atoms. The maximum Gasteiger partial charge on any atom is 0.193 e. The van der Waals surface area contributed by atoms with Gasteiger partial charge in [-0.1, -0.05) is 30.3 Å². The first-order chi connectivity index (χ1) is 12.6. The van der Waals surface area contributed by atoms with Gasteiger partial charge in [-0.25, -0.2) is 0 Å². The van der Waals surface area contributed by atoms with E-state index < -0.39 is 0 Å². The lowest BCUT2D eigenvalue weighted by molar-refractivity contribution is 0.0625. The number of aliphatic imine (C=N–C) groups is 1. The molecule has 0 aromatic heterocycles. The van der Waals surface area contributed by atoms with Crippen LogP contribution in [-0.2, 0) is 11.3 Å². The first kappa shape index (κ1) is 20.7. The van der Waals surface area contributed by atoms with E-state index in [1.54, 1.807) is 0 Å². The summed E-state index contributed by atoms with van der Waals surface area (Å²) in [6, 6.07) is 11.0. The van der Waals surface area contributed by atoms with Crippen molar-refractivity contribution in [2.75, 3.05) is 47.4 Å². The van der Waals surface area contributed by atoms with Crippen molar-refractivity contribution >= 4 is 5.96 Å². The third kappa shape index (κ3) is 6.96. The maximum absolute atomic E-state index is 5.45. The molecule has 1 aromatic rings. The van der Waals surface area contributed by atoms with Crippen molar-refractivity contribution in [2.24, 2.45) is 10.9 Å². The average molecular weight is 361 g/mol. The van der Waals surface area contributed by atoms with E-state index in [0.29, 0.717) is 6.04 Å². The van der Waals surface area contributed by atoms with E-state index in [1.165, 1.54) is 24.8 Å². The van der Waals surface area contributed by atoms with E-state index in [9.17, 15) is 0 Å². The van der Waals surface area contributed by atoms with Crippen molar-refractivity contribution < 1.29 is 4.74 Å². The minimum atomic E-state index is 0.427. The fraction of sp³-hybridized carbons (Fsp3) is 0.667. The summed E-state index contributed by atoms with van der Waals surface area (Å²) in [5.74, 6) is 1.78. The Labute approximate surface area is 159 Å². The highest BCUT2D eigenvalue weighted by molar-refractivity contribution is 5.79. The first-order valence-corrected chi connectivity index (χ1v) is 9.83. The van der Waals surface area contributed by atoms with Crippen LogP contribution in [0.25, 0.3) is 0 Å². The molecule has 146 valence electrons. The molecular weight excluding hydrogens is 324 g/mol. The Hall–Kier alpha value is -1.59. The number of benzene rings is 1. The summed E-state index contributed by atoms with van der Waals surface area (Å²) < 4.78 is 5.45. The Bertz CT molecular complexity index is 528. The fourth-order valence-electron chi connectivity index (χ4n) is 3.32. The van der Waals surface area contributed by atoms with Crippen LogP contribution in [0.1, 0.15) is 31.7 Å². The average Bonchev–Trinajstić information content (AvgIpc) is 2.68. The number of rotatable bonds is 8. The molecule has 5 nitrogen and oxygen atoms in total. The minimum Gasteiger partial charge on any atom is -0.381 e. The number of hydrogen-bond donors (Lipinski definition) is 1. The van der Waals surface area contributed by atoms with Gasteiger partial charge in [0.25, 0.3) is 0 Å². The largest absolute Gasteiger partial charge is 0.381 e. The molecule has 1 N–H and O–H groups in total. The molecule has 0 amide bonds. The summed E-state index contributed by atoms with van der Waals surface area (Å²) in [6.07, 6.45) is 3.60. The number of likely N-dealkylation sites (N-methyl/N-ethyl adjacent to an activating group) is 1. The monoisotopic (exact) mass is 360 g/mol. The van der Waals surface area contributed by atoms with Crippen molar-refractivity contribution in [3.63, 3.8) is 0 Å². The molecule has 1 unspecified atom stereocenters. The lowest BCUT2D eigenvalue weighted by atomic mass is 9.96. The van der Waals surface area contributed by atoms with Gasteiger partial charge < -0.3 is 15.0 Å². The predicted molar refractivity (Wildman–Crippen MR) is 110 cm³/mol. The quantitative estimate of drug-likeness (QED) is 0.572. The lowest BCUT2D eigenvalue weighted by Crippen LogP contribution is -2.45. The zero-order valence-corrected chi connectivity index (χ0v) is 16.9. The van der Waals surface area contributed by atoms with Gasteiger partial charge in [0.05, 0.1) is 0 Å². The van der Waals surface area contributed by atoms with Crippen LogP contribution >= 0.6 is 0 Å². The summed E-state index contributed by atoms with van der Waals surface area (Å²) in [4.78, 5) is 9.08. The number of guanidine groups is 1. The van der Waals surface area contributed by atoms with Crippen LogP contribution in [0.4, 0.5) is 0 Å². The van der Waals surface area contributed by atoms with Crippen LogP contribution in [-0.4, -0.2) is 69.2 Å². The molecule has 26 heavy (non-hydrogen) atoms. The van der Waals surface area contributed by atoms with Gasteiger partial charge in [0, 0.05) is 53.0 Å². The number of ether oxygens (including phenoxy) is 1. The van der Waals surface area contributed by atoms with Crippen LogP contribution in [0.2, 0.25) is 0 Å². The molecule has 1 atom stereocenters. The topological polar surface area (TPSA) is 40.1 Å². The summed E-state index contributed by atoms with van der Waals surface area (Å²) in [7, 11) is 6.18. The molecule has 0 saturated carbocycles. The van der Waals surface area contributed by atoms with Crippen molar-refractivity contribution in [3.05, 3.63) is 35.9 Å². The third-order valence-electron chi connectivity index (χ3n) is 5.37. The van der Waals surface area contributed by atoms with Crippen molar-refractivity contribution in [3.8, 4) is 0 Å². The molecule has 0 aliphatic carbocycles. The van der Waals surface area contributed by atoms with E-state index in [-0.39, 0.29) is 0 Å². The molecule has 1 heterocycles. The molecule has 1 aliphatic rings.